The molecule has 0 aliphatic carbocycles. The van der Waals surface area contributed by atoms with E-state index in [9.17, 15) is 53.8 Å². The molecule has 0 saturated carbocycles. The van der Waals surface area contributed by atoms with E-state index in [0.717, 1.165) is 29.1 Å². The normalized spacial score (nSPS) is 16.5. The number of carbonyl (C=O) groups excluding carboxylic acids is 7. The van der Waals surface area contributed by atoms with Gasteiger partial charge in [0.2, 0.25) is 41.4 Å². The van der Waals surface area contributed by atoms with Crippen molar-refractivity contribution in [2.45, 2.75) is 115 Å². The number of H-pyrrole nitrogens is 1. The summed E-state index contributed by atoms with van der Waals surface area (Å²) in [6, 6.07) is 4.19. The number of nitro groups is 2. The van der Waals surface area contributed by atoms with Crippen molar-refractivity contribution in [3.05, 3.63) is 80.0 Å². The van der Waals surface area contributed by atoms with Crippen LogP contribution in [0.3, 0.4) is 0 Å². The van der Waals surface area contributed by atoms with Crippen molar-refractivity contribution in [3.63, 3.8) is 0 Å². The molecule has 1 aliphatic rings. The van der Waals surface area contributed by atoms with E-state index in [1.54, 1.807) is 40.0 Å². The van der Waals surface area contributed by atoms with Crippen molar-refractivity contribution in [2.75, 3.05) is 19.6 Å². The van der Waals surface area contributed by atoms with E-state index in [-0.39, 0.29) is 68.6 Å². The van der Waals surface area contributed by atoms with Gasteiger partial charge in [0, 0.05) is 36.1 Å². The van der Waals surface area contributed by atoms with Crippen LogP contribution in [-0.2, 0) is 45.5 Å². The molecule has 380 valence electrons. The Morgan fingerprint density at radius 1 is 0.771 bits per heavy atom. The molecule has 1 saturated heterocycles. The highest BCUT2D eigenvalue weighted by atomic mass is 16.6. The molecule has 2 heterocycles. The van der Waals surface area contributed by atoms with Gasteiger partial charge in [0.15, 0.2) is 5.96 Å². The van der Waals surface area contributed by atoms with E-state index in [2.05, 4.69) is 47.2 Å². The number of primary amides is 1. The van der Waals surface area contributed by atoms with Crippen LogP contribution in [0, 0.1) is 32.1 Å². The van der Waals surface area contributed by atoms with Crippen LogP contribution in [0.15, 0.2) is 53.7 Å². The predicted octanol–water partition coefficient (Wildman–Crippen LogP) is -0.00310. The second kappa shape index (κ2) is 25.1. The quantitative estimate of drug-likeness (QED) is 0.0166. The molecule has 0 unspecified atom stereocenters. The molecule has 1 aliphatic heterocycles. The summed E-state index contributed by atoms with van der Waals surface area (Å²) in [5, 5.41) is 43.0. The van der Waals surface area contributed by atoms with E-state index in [1.165, 1.54) is 6.92 Å². The highest BCUT2D eigenvalue weighted by Gasteiger charge is 2.48. The lowest BCUT2D eigenvalue weighted by Gasteiger charge is -2.31. The van der Waals surface area contributed by atoms with Crippen LogP contribution in [0.25, 0.3) is 10.9 Å². The van der Waals surface area contributed by atoms with E-state index in [1.807, 2.05) is 18.2 Å². The van der Waals surface area contributed by atoms with Gasteiger partial charge >= 0.3 is 0 Å². The molecule has 0 spiro atoms. The number of para-hydroxylation sites is 1. The molecular weight excluding hydrogens is 913 g/mol. The molecular formula is C45H64N14O11. The van der Waals surface area contributed by atoms with Gasteiger partial charge in [0.1, 0.15) is 35.7 Å². The second-order valence-electron chi connectivity index (χ2n) is 18.0. The summed E-state index contributed by atoms with van der Waals surface area (Å²) in [7, 11) is 0. The summed E-state index contributed by atoms with van der Waals surface area (Å²) in [5.74, 6) is -5.88. The average Bonchev–Trinajstić information content (AvgIpc) is 3.96. The van der Waals surface area contributed by atoms with E-state index in [4.69, 9.17) is 17.2 Å². The fraction of sp³-hybridized carbons (Fsp3) is 0.511. The van der Waals surface area contributed by atoms with E-state index < -0.39 is 105 Å². The number of rotatable bonds is 26. The monoisotopic (exact) mass is 976 g/mol. The Kier molecular flexibility index (Phi) is 19.7. The standard InChI is InChI=1S/C45H64N14O11/c1-24(2)18-33(57-43(66)45(15-9-17-52-45)30-14-13-28(58(67)68)21-36(30)59(69)70)40(63)51-23-37(60)54-34(19-25(3)4)42(65)56-35(20-27-22-50-31-11-7-6-10-29(27)31)41(64)53-26(5)39(62)55-32(38(46)61)12-8-16-49-44(47)48/h6-7,10-11,13-14,21-22,24-26,32-35,50,52H,8-9,12,15-20,23H2,1-5H3,(H2,46,61)(H,51,63)(H,53,64)(H,54,60)(H,55,62)(H,56,65)(H,57,66)(H4,47,48,49)/t26-,32+,33-,34-,35-,45+/m0/s1. The molecule has 3 aromatic rings. The number of aromatic nitrogens is 1. The van der Waals surface area contributed by atoms with Gasteiger partial charge < -0.3 is 54.1 Å². The Bertz CT molecular complexity index is 2450. The van der Waals surface area contributed by atoms with Gasteiger partial charge in [-0.2, -0.15) is 0 Å². The largest absolute Gasteiger partial charge is 0.370 e. The third-order valence-corrected chi connectivity index (χ3v) is 11.6. The Morgan fingerprint density at radius 3 is 2.01 bits per heavy atom. The second-order valence-corrected chi connectivity index (χ2v) is 18.0. The zero-order valence-electron chi connectivity index (χ0n) is 39.8. The molecule has 1 aromatic heterocycles. The number of fused-ring (bicyclic) bond motifs is 1. The number of guanidine groups is 1. The highest BCUT2D eigenvalue weighted by molar-refractivity contribution is 5.97. The lowest BCUT2D eigenvalue weighted by atomic mass is 9.85. The van der Waals surface area contributed by atoms with Crippen LogP contribution in [-0.4, -0.2) is 112 Å². The van der Waals surface area contributed by atoms with Gasteiger partial charge in [-0.15, -0.1) is 0 Å². The first-order chi connectivity index (χ1) is 33.0. The number of aromatic amines is 1. The minimum Gasteiger partial charge on any atom is -0.370 e. The van der Waals surface area contributed by atoms with Gasteiger partial charge in [-0.1, -0.05) is 45.9 Å². The summed E-state index contributed by atoms with van der Waals surface area (Å²) >= 11 is 0. The molecule has 14 N–H and O–H groups in total. The van der Waals surface area contributed by atoms with Gasteiger partial charge in [-0.25, -0.2) is 0 Å². The minimum atomic E-state index is -1.71. The molecule has 7 amide bonds. The van der Waals surface area contributed by atoms with Crippen molar-refractivity contribution in [1.82, 2.24) is 42.2 Å². The van der Waals surface area contributed by atoms with Gasteiger partial charge in [0.25, 0.3) is 11.4 Å². The fourth-order valence-corrected chi connectivity index (χ4v) is 8.13. The lowest BCUT2D eigenvalue weighted by molar-refractivity contribution is -0.394. The number of nitrogens with one attached hydrogen (secondary N) is 8. The van der Waals surface area contributed by atoms with Crippen molar-refractivity contribution < 1.29 is 43.4 Å². The minimum absolute atomic E-state index is 0.0552. The summed E-state index contributed by atoms with van der Waals surface area (Å²) in [6.07, 6.45) is 2.73. The number of amides is 7. The molecule has 25 heteroatoms. The fourth-order valence-electron chi connectivity index (χ4n) is 8.13. The first kappa shape index (κ1) is 54.9. The number of nitro benzene ring substituents is 2. The first-order valence-electron chi connectivity index (χ1n) is 22.9. The summed E-state index contributed by atoms with van der Waals surface area (Å²) in [6.45, 7) is 8.40. The maximum atomic E-state index is 14.1. The number of nitrogens with zero attached hydrogens (tertiary/aromatic N) is 3. The van der Waals surface area contributed by atoms with Crippen LogP contribution in [0.5, 0.6) is 0 Å². The number of hydrogen-bond donors (Lipinski definition) is 11. The number of benzene rings is 2. The zero-order chi connectivity index (χ0) is 51.9. The van der Waals surface area contributed by atoms with Gasteiger partial charge in [-0.05, 0) is 81.5 Å². The number of hydrogen-bond acceptors (Lipinski definition) is 13. The molecule has 4 rings (SSSR count). The number of carbonyl (C=O) groups is 7. The van der Waals surface area contributed by atoms with Crippen molar-refractivity contribution in [2.24, 2.45) is 34.0 Å². The van der Waals surface area contributed by atoms with Crippen molar-refractivity contribution >= 4 is 69.6 Å². The Morgan fingerprint density at radius 2 is 1.41 bits per heavy atom. The highest BCUT2D eigenvalue weighted by Crippen LogP contribution is 2.39. The lowest BCUT2D eigenvalue weighted by Crippen LogP contribution is -2.59. The third-order valence-electron chi connectivity index (χ3n) is 11.6. The third kappa shape index (κ3) is 15.2. The van der Waals surface area contributed by atoms with Crippen LogP contribution in [0.1, 0.15) is 84.3 Å². The zero-order valence-corrected chi connectivity index (χ0v) is 39.8. The topological polar surface area (TPSA) is 396 Å². The van der Waals surface area contributed by atoms with Crippen LogP contribution in [0.4, 0.5) is 11.4 Å². The smallest absolute Gasteiger partial charge is 0.281 e. The number of non-ortho nitro benzene ring substituents is 1. The Labute approximate surface area is 403 Å². The van der Waals surface area contributed by atoms with Crippen LogP contribution in [0.2, 0.25) is 0 Å². The predicted molar refractivity (Wildman–Crippen MR) is 257 cm³/mol. The Balaban J connectivity index is 1.49. The average molecular weight is 977 g/mol. The van der Waals surface area contributed by atoms with Gasteiger partial charge in [0.05, 0.1) is 28.0 Å². The molecule has 0 radical (unpaired) electrons. The Hall–Kier alpha value is -7.70. The first-order valence-corrected chi connectivity index (χ1v) is 22.9. The summed E-state index contributed by atoms with van der Waals surface area (Å²) < 4.78 is 0. The number of nitrogens with two attached hydrogens (primary N) is 3. The maximum Gasteiger partial charge on any atom is 0.281 e. The molecule has 0 bridgehead atoms. The number of aliphatic imine (C=N–C) groups is 1. The van der Waals surface area contributed by atoms with Crippen LogP contribution < -0.4 is 54.4 Å². The van der Waals surface area contributed by atoms with Crippen molar-refractivity contribution in [3.8, 4) is 0 Å². The van der Waals surface area contributed by atoms with Gasteiger partial charge in [-0.3, -0.25) is 64.1 Å². The SMILES string of the molecule is CC(C)C[C@H](NC(=O)CNC(=O)[C@H](CC(C)C)NC(=O)[C@]1(c2ccc([N+](=O)[O-])cc2[N+](=O)[O-])CCCN1)C(=O)N[C@@H](Cc1c[nH]c2ccccc12)C(=O)N[C@@H](C)C(=O)N[C@H](CCCN=C(N)N)C(N)=O. The van der Waals surface area contributed by atoms with Crippen LogP contribution >= 0.6 is 0 Å². The van der Waals surface area contributed by atoms with Crippen molar-refractivity contribution in [1.29, 1.82) is 0 Å². The van der Waals surface area contributed by atoms with E-state index in [0.29, 0.717) is 18.4 Å². The summed E-state index contributed by atoms with van der Waals surface area (Å²) in [5.41, 5.74) is 14.6. The maximum absolute atomic E-state index is 14.1. The molecule has 1 fully saturated rings. The summed E-state index contributed by atoms with van der Waals surface area (Å²) in [4.78, 5) is 124. The molecule has 2 aromatic carbocycles. The molecule has 6 atom stereocenters. The van der Waals surface area contributed by atoms with E-state index >= 15 is 0 Å². The molecule has 70 heavy (non-hydrogen) atoms. The molecule has 25 nitrogen and oxygen atoms in total.